The fraction of sp³-hybridized carbons (Fsp3) is 0.375. The number of hydrogen-bond donors (Lipinski definition) is 1. The molecular formula is C16H17N3O4S. The predicted molar refractivity (Wildman–Crippen MR) is 84.7 cm³/mol. The Morgan fingerprint density at radius 1 is 1.25 bits per heavy atom. The lowest BCUT2D eigenvalue weighted by Crippen LogP contribution is -2.30. The molecule has 8 heteroatoms. The molecule has 0 spiro atoms. The Morgan fingerprint density at radius 3 is 2.79 bits per heavy atom. The molecule has 1 amide bonds. The number of aromatic nitrogens is 2. The van der Waals surface area contributed by atoms with Gasteiger partial charge in [0.25, 0.3) is 15.9 Å². The van der Waals surface area contributed by atoms with Crippen LogP contribution in [0.2, 0.25) is 0 Å². The van der Waals surface area contributed by atoms with Crippen molar-refractivity contribution in [3.05, 3.63) is 47.3 Å². The van der Waals surface area contributed by atoms with Gasteiger partial charge < -0.3 is 4.74 Å². The summed E-state index contributed by atoms with van der Waals surface area (Å²) in [7, 11) is -3.92. The Labute approximate surface area is 139 Å². The van der Waals surface area contributed by atoms with Gasteiger partial charge in [0.1, 0.15) is 0 Å². The van der Waals surface area contributed by atoms with Crippen LogP contribution in [0.1, 0.15) is 46.8 Å². The molecule has 1 aromatic carbocycles. The van der Waals surface area contributed by atoms with Gasteiger partial charge in [-0.3, -0.25) is 9.48 Å². The number of ether oxygens (including phenoxy) is 1. The molecule has 7 nitrogen and oxygen atoms in total. The van der Waals surface area contributed by atoms with E-state index in [1.54, 1.807) is 23.0 Å². The van der Waals surface area contributed by atoms with Crippen molar-refractivity contribution >= 4 is 15.9 Å². The Hall–Kier alpha value is -2.19. The smallest absolute Gasteiger partial charge is 0.268 e. The molecule has 2 aliphatic rings. The maximum atomic E-state index is 12.4. The van der Waals surface area contributed by atoms with Crippen LogP contribution in [0.3, 0.4) is 0 Å². The summed E-state index contributed by atoms with van der Waals surface area (Å²) in [5.41, 5.74) is 2.06. The number of benzene rings is 1. The first-order chi connectivity index (χ1) is 11.5. The molecule has 1 aromatic heterocycles. The monoisotopic (exact) mass is 347 g/mol. The summed E-state index contributed by atoms with van der Waals surface area (Å²) in [5, 5.41) is 4.15. The number of nitrogens with one attached hydrogen (secondary N) is 1. The summed E-state index contributed by atoms with van der Waals surface area (Å²) in [6, 6.07) is 5.08. The zero-order valence-corrected chi connectivity index (χ0v) is 13.8. The van der Waals surface area contributed by atoms with Crippen molar-refractivity contribution in [2.45, 2.75) is 43.4 Å². The average molecular weight is 347 g/mol. The van der Waals surface area contributed by atoms with Gasteiger partial charge in [-0.15, -0.1) is 0 Å². The van der Waals surface area contributed by atoms with Crippen molar-refractivity contribution < 1.29 is 17.9 Å². The molecule has 2 aromatic rings. The summed E-state index contributed by atoms with van der Waals surface area (Å²) < 4.78 is 34.0. The summed E-state index contributed by atoms with van der Waals surface area (Å²) in [6.07, 6.45) is 6.24. The molecule has 2 heterocycles. The van der Waals surface area contributed by atoms with Crippen molar-refractivity contribution in [2.24, 2.45) is 0 Å². The van der Waals surface area contributed by atoms with Crippen LogP contribution in [0, 0.1) is 0 Å². The van der Waals surface area contributed by atoms with Gasteiger partial charge in [0.2, 0.25) is 0 Å². The van der Waals surface area contributed by atoms with E-state index in [0.29, 0.717) is 19.3 Å². The minimum absolute atomic E-state index is 0.0616. The molecule has 126 valence electrons. The Morgan fingerprint density at radius 2 is 2.04 bits per heavy atom. The normalized spacial score (nSPS) is 17.3. The maximum Gasteiger partial charge on any atom is 0.268 e. The second-order valence-corrected chi connectivity index (χ2v) is 7.83. The zero-order valence-electron chi connectivity index (χ0n) is 12.9. The summed E-state index contributed by atoms with van der Waals surface area (Å²) >= 11 is 0. The van der Waals surface area contributed by atoms with Gasteiger partial charge in [0.15, 0.2) is 0 Å². The SMILES string of the molecule is O=C(NS(=O)(=O)c1ccc2c(c1)COC2)c1cnn(C2CCC2)c1. The highest BCUT2D eigenvalue weighted by Crippen LogP contribution is 2.30. The molecule has 4 rings (SSSR count). The van der Waals surface area contributed by atoms with E-state index in [9.17, 15) is 13.2 Å². The van der Waals surface area contributed by atoms with Crippen LogP contribution in [-0.2, 0) is 28.0 Å². The second kappa shape index (κ2) is 5.71. The molecule has 1 saturated carbocycles. The topological polar surface area (TPSA) is 90.3 Å². The minimum atomic E-state index is -3.92. The molecule has 1 aliphatic carbocycles. The number of sulfonamides is 1. The minimum Gasteiger partial charge on any atom is -0.372 e. The van der Waals surface area contributed by atoms with E-state index in [1.165, 1.54) is 12.3 Å². The second-order valence-electron chi connectivity index (χ2n) is 6.15. The molecule has 0 saturated heterocycles. The van der Waals surface area contributed by atoms with Crippen LogP contribution in [0.15, 0.2) is 35.5 Å². The van der Waals surface area contributed by atoms with Crippen LogP contribution >= 0.6 is 0 Å². The van der Waals surface area contributed by atoms with Gasteiger partial charge in [0, 0.05) is 6.20 Å². The lowest BCUT2D eigenvalue weighted by atomic mass is 9.93. The van der Waals surface area contributed by atoms with Crippen molar-refractivity contribution in [2.75, 3.05) is 0 Å². The fourth-order valence-electron chi connectivity index (χ4n) is 2.86. The molecule has 24 heavy (non-hydrogen) atoms. The van der Waals surface area contributed by atoms with Gasteiger partial charge in [-0.05, 0) is 42.5 Å². The number of carbonyl (C=O) groups is 1. The largest absolute Gasteiger partial charge is 0.372 e. The quantitative estimate of drug-likeness (QED) is 0.910. The van der Waals surface area contributed by atoms with Gasteiger partial charge in [-0.1, -0.05) is 6.07 Å². The molecule has 1 N–H and O–H groups in total. The predicted octanol–water partition coefficient (Wildman–Crippen LogP) is 1.76. The lowest BCUT2D eigenvalue weighted by molar-refractivity contribution is 0.0981. The highest BCUT2D eigenvalue weighted by atomic mass is 32.2. The van der Waals surface area contributed by atoms with Crippen LogP contribution < -0.4 is 4.72 Å². The van der Waals surface area contributed by atoms with Crippen molar-refractivity contribution in [3.8, 4) is 0 Å². The molecular weight excluding hydrogens is 330 g/mol. The summed E-state index contributed by atoms with van der Waals surface area (Å²) in [6.45, 7) is 0.878. The van der Waals surface area contributed by atoms with Gasteiger partial charge in [-0.25, -0.2) is 13.1 Å². The van der Waals surface area contributed by atoms with E-state index >= 15 is 0 Å². The molecule has 0 radical (unpaired) electrons. The number of carbonyl (C=O) groups excluding carboxylic acids is 1. The summed E-state index contributed by atoms with van der Waals surface area (Å²) in [5.74, 6) is -0.669. The van der Waals surface area contributed by atoms with E-state index in [4.69, 9.17) is 4.74 Å². The van der Waals surface area contributed by atoms with E-state index in [2.05, 4.69) is 9.82 Å². The zero-order chi connectivity index (χ0) is 16.7. The average Bonchev–Trinajstić information content (AvgIpc) is 3.12. The highest BCUT2D eigenvalue weighted by Gasteiger charge is 2.24. The van der Waals surface area contributed by atoms with Gasteiger partial charge >= 0.3 is 0 Å². The Balaban J connectivity index is 1.52. The van der Waals surface area contributed by atoms with E-state index in [-0.39, 0.29) is 10.5 Å². The molecule has 0 atom stereocenters. The van der Waals surface area contributed by atoms with Gasteiger partial charge in [-0.2, -0.15) is 5.10 Å². The fourth-order valence-corrected chi connectivity index (χ4v) is 3.89. The third-order valence-corrected chi connectivity index (χ3v) is 5.87. The first kappa shape index (κ1) is 15.3. The number of fused-ring (bicyclic) bond motifs is 1. The maximum absolute atomic E-state index is 12.4. The van der Waals surface area contributed by atoms with Crippen molar-refractivity contribution in [1.29, 1.82) is 0 Å². The van der Waals surface area contributed by atoms with E-state index < -0.39 is 15.9 Å². The number of amides is 1. The molecule has 1 aliphatic heterocycles. The van der Waals surface area contributed by atoms with E-state index in [1.807, 2.05) is 0 Å². The van der Waals surface area contributed by atoms with Crippen LogP contribution in [0.25, 0.3) is 0 Å². The van der Waals surface area contributed by atoms with Crippen molar-refractivity contribution in [1.82, 2.24) is 14.5 Å². The Bertz CT molecular complexity index is 900. The number of hydrogen-bond acceptors (Lipinski definition) is 5. The Kier molecular flexibility index (Phi) is 3.65. The highest BCUT2D eigenvalue weighted by molar-refractivity contribution is 7.90. The molecule has 0 unspecified atom stereocenters. The van der Waals surface area contributed by atoms with Crippen LogP contribution in [0.5, 0.6) is 0 Å². The number of nitrogens with zero attached hydrogens (tertiary/aromatic N) is 2. The summed E-state index contributed by atoms with van der Waals surface area (Å²) in [4.78, 5) is 12.3. The first-order valence-electron chi connectivity index (χ1n) is 7.84. The first-order valence-corrected chi connectivity index (χ1v) is 9.32. The number of rotatable bonds is 4. The third kappa shape index (κ3) is 2.71. The van der Waals surface area contributed by atoms with Gasteiger partial charge in [0.05, 0.1) is 35.9 Å². The molecule has 0 bridgehead atoms. The third-order valence-electron chi connectivity index (χ3n) is 4.54. The standard InChI is InChI=1S/C16H17N3O4S/c20-16(13-7-17-19(8-13)14-2-1-3-14)18-24(21,22)15-5-4-11-9-23-10-12(11)6-15/h4-8,14H,1-3,9-10H2,(H,18,20). The molecule has 1 fully saturated rings. The van der Waals surface area contributed by atoms with E-state index in [0.717, 1.165) is 30.4 Å². The van der Waals surface area contributed by atoms with Crippen LogP contribution in [-0.4, -0.2) is 24.1 Å². The van der Waals surface area contributed by atoms with Crippen LogP contribution in [0.4, 0.5) is 0 Å². The van der Waals surface area contributed by atoms with Crippen molar-refractivity contribution in [3.63, 3.8) is 0 Å². The lowest BCUT2D eigenvalue weighted by Gasteiger charge is -2.25.